The zero-order valence-electron chi connectivity index (χ0n) is 10.8. The number of aromatic nitrogens is 1. The number of hydrogen-bond acceptors (Lipinski definition) is 4. The quantitative estimate of drug-likeness (QED) is 0.830. The number of anilines is 3. The largest absolute Gasteiger partial charge is 0.291 e. The van der Waals surface area contributed by atoms with Gasteiger partial charge in [-0.3, -0.25) is 20.4 Å². The minimum absolute atomic E-state index is 0.147. The van der Waals surface area contributed by atoms with Gasteiger partial charge in [-0.1, -0.05) is 17.7 Å². The van der Waals surface area contributed by atoms with E-state index < -0.39 is 0 Å². The molecule has 2 N–H and O–H groups in total. The SMILES string of the molecule is CC(=O)N(c1ccc(C)cc1)c1cc(NO)ccn1. The van der Waals surface area contributed by atoms with Gasteiger partial charge >= 0.3 is 0 Å². The third-order valence-corrected chi connectivity index (χ3v) is 2.71. The lowest BCUT2D eigenvalue weighted by atomic mass is 10.2. The van der Waals surface area contributed by atoms with Gasteiger partial charge in [-0.2, -0.15) is 0 Å². The van der Waals surface area contributed by atoms with Gasteiger partial charge in [0.15, 0.2) is 0 Å². The third-order valence-electron chi connectivity index (χ3n) is 2.71. The number of carbonyl (C=O) groups is 1. The second kappa shape index (κ2) is 5.49. The minimum atomic E-state index is -0.147. The second-order valence-electron chi connectivity index (χ2n) is 4.20. The lowest BCUT2D eigenvalue weighted by molar-refractivity contribution is -0.115. The highest BCUT2D eigenvalue weighted by molar-refractivity contribution is 5.98. The van der Waals surface area contributed by atoms with Crippen molar-refractivity contribution in [3.05, 3.63) is 48.2 Å². The van der Waals surface area contributed by atoms with Crippen LogP contribution in [0.5, 0.6) is 0 Å². The molecule has 0 saturated carbocycles. The molecule has 0 unspecified atom stereocenters. The van der Waals surface area contributed by atoms with Crippen molar-refractivity contribution in [1.29, 1.82) is 0 Å². The number of nitrogens with one attached hydrogen (secondary N) is 1. The van der Waals surface area contributed by atoms with Crippen molar-refractivity contribution in [2.75, 3.05) is 10.4 Å². The predicted molar refractivity (Wildman–Crippen MR) is 73.6 cm³/mol. The summed E-state index contributed by atoms with van der Waals surface area (Å²) in [7, 11) is 0. The van der Waals surface area contributed by atoms with Gasteiger partial charge in [0.1, 0.15) is 5.82 Å². The molecular formula is C14H15N3O2. The van der Waals surface area contributed by atoms with Gasteiger partial charge in [0, 0.05) is 19.2 Å². The fourth-order valence-corrected chi connectivity index (χ4v) is 1.78. The molecule has 5 heteroatoms. The number of hydrogen-bond donors (Lipinski definition) is 2. The van der Waals surface area contributed by atoms with Gasteiger partial charge in [0.05, 0.1) is 11.4 Å². The van der Waals surface area contributed by atoms with Crippen LogP contribution in [0.1, 0.15) is 12.5 Å². The maximum Gasteiger partial charge on any atom is 0.229 e. The molecule has 98 valence electrons. The molecule has 1 aromatic carbocycles. The summed E-state index contributed by atoms with van der Waals surface area (Å²) in [5, 5.41) is 8.91. The molecule has 0 saturated heterocycles. The number of aryl methyl sites for hydroxylation is 1. The van der Waals surface area contributed by atoms with Crippen LogP contribution < -0.4 is 10.4 Å². The summed E-state index contributed by atoms with van der Waals surface area (Å²) in [4.78, 5) is 17.5. The number of nitrogens with zero attached hydrogens (tertiary/aromatic N) is 2. The standard InChI is InChI=1S/C14H15N3O2/c1-10-3-5-13(6-4-10)17(11(2)18)14-9-12(16-19)7-8-15-14/h3-9,19H,1-2H3,(H,15,16). The molecule has 0 radical (unpaired) electrons. The Morgan fingerprint density at radius 2 is 1.95 bits per heavy atom. The number of carbonyl (C=O) groups excluding carboxylic acids is 1. The molecular weight excluding hydrogens is 242 g/mol. The van der Waals surface area contributed by atoms with E-state index in [2.05, 4.69) is 4.98 Å². The molecule has 1 amide bonds. The first kappa shape index (κ1) is 13.0. The molecule has 1 heterocycles. The fraction of sp³-hybridized carbons (Fsp3) is 0.143. The zero-order chi connectivity index (χ0) is 13.8. The van der Waals surface area contributed by atoms with Gasteiger partial charge in [0.2, 0.25) is 5.91 Å². The van der Waals surface area contributed by atoms with Crippen molar-refractivity contribution in [2.24, 2.45) is 0 Å². The molecule has 0 aliphatic carbocycles. The second-order valence-corrected chi connectivity index (χ2v) is 4.20. The van der Waals surface area contributed by atoms with E-state index in [0.29, 0.717) is 11.5 Å². The lowest BCUT2D eigenvalue weighted by Crippen LogP contribution is -2.23. The van der Waals surface area contributed by atoms with Crippen molar-refractivity contribution < 1.29 is 10.0 Å². The van der Waals surface area contributed by atoms with E-state index in [1.807, 2.05) is 36.7 Å². The van der Waals surface area contributed by atoms with Crippen molar-refractivity contribution in [3.8, 4) is 0 Å². The summed E-state index contributed by atoms with van der Waals surface area (Å²) < 4.78 is 0. The maximum atomic E-state index is 11.8. The topological polar surface area (TPSA) is 65.5 Å². The normalized spacial score (nSPS) is 10.1. The molecule has 0 spiro atoms. The molecule has 0 fully saturated rings. The Balaban J connectivity index is 2.45. The monoisotopic (exact) mass is 257 g/mol. The lowest BCUT2D eigenvalue weighted by Gasteiger charge is -2.20. The molecule has 0 aliphatic heterocycles. The van der Waals surface area contributed by atoms with Gasteiger partial charge in [-0.25, -0.2) is 4.98 Å². The average Bonchev–Trinajstić information content (AvgIpc) is 2.41. The van der Waals surface area contributed by atoms with Crippen LogP contribution in [0.3, 0.4) is 0 Å². The van der Waals surface area contributed by atoms with Crippen LogP contribution in [0.15, 0.2) is 42.6 Å². The summed E-state index contributed by atoms with van der Waals surface area (Å²) in [5.41, 5.74) is 4.37. The molecule has 0 bridgehead atoms. The summed E-state index contributed by atoms with van der Waals surface area (Å²) in [6.07, 6.45) is 1.53. The highest BCUT2D eigenvalue weighted by Crippen LogP contribution is 2.25. The van der Waals surface area contributed by atoms with Crippen LogP contribution in [0, 0.1) is 6.92 Å². The highest BCUT2D eigenvalue weighted by Gasteiger charge is 2.15. The minimum Gasteiger partial charge on any atom is -0.291 e. The molecule has 1 aromatic heterocycles. The van der Waals surface area contributed by atoms with Crippen LogP contribution >= 0.6 is 0 Å². The van der Waals surface area contributed by atoms with Crippen LogP contribution in [-0.4, -0.2) is 16.1 Å². The van der Waals surface area contributed by atoms with E-state index in [-0.39, 0.29) is 5.91 Å². The molecule has 0 atom stereocenters. The van der Waals surface area contributed by atoms with E-state index in [1.54, 1.807) is 12.1 Å². The third kappa shape index (κ3) is 2.89. The first-order valence-corrected chi connectivity index (χ1v) is 5.85. The van der Waals surface area contributed by atoms with Gasteiger partial charge in [-0.05, 0) is 25.1 Å². The zero-order valence-corrected chi connectivity index (χ0v) is 10.8. The Morgan fingerprint density at radius 3 is 2.53 bits per heavy atom. The Kier molecular flexibility index (Phi) is 3.77. The number of benzene rings is 1. The Labute approximate surface area is 111 Å². The maximum absolute atomic E-state index is 11.8. The van der Waals surface area contributed by atoms with E-state index in [4.69, 9.17) is 5.21 Å². The van der Waals surface area contributed by atoms with Crippen LogP contribution in [0.4, 0.5) is 17.2 Å². The van der Waals surface area contributed by atoms with Crippen LogP contribution in [-0.2, 0) is 4.79 Å². The molecule has 5 nitrogen and oxygen atoms in total. The van der Waals surface area contributed by atoms with Crippen molar-refractivity contribution in [3.63, 3.8) is 0 Å². The first-order chi connectivity index (χ1) is 9.11. The Morgan fingerprint density at radius 1 is 1.26 bits per heavy atom. The van der Waals surface area contributed by atoms with Crippen LogP contribution in [0.25, 0.3) is 0 Å². The van der Waals surface area contributed by atoms with Crippen LogP contribution in [0.2, 0.25) is 0 Å². The molecule has 2 rings (SSSR count). The van der Waals surface area contributed by atoms with Gasteiger partial charge in [-0.15, -0.1) is 0 Å². The van der Waals surface area contributed by atoms with E-state index >= 15 is 0 Å². The highest BCUT2D eigenvalue weighted by atomic mass is 16.5. The van der Waals surface area contributed by atoms with Gasteiger partial charge < -0.3 is 0 Å². The summed E-state index contributed by atoms with van der Waals surface area (Å²) >= 11 is 0. The smallest absolute Gasteiger partial charge is 0.229 e. The predicted octanol–water partition coefficient (Wildman–Crippen LogP) is 2.88. The summed E-state index contributed by atoms with van der Waals surface area (Å²) in [6, 6.07) is 10.8. The molecule has 0 aliphatic rings. The van der Waals surface area contributed by atoms with Crippen molar-refractivity contribution >= 4 is 23.1 Å². The first-order valence-electron chi connectivity index (χ1n) is 5.85. The summed E-state index contributed by atoms with van der Waals surface area (Å²) in [5.74, 6) is 0.307. The Hall–Kier alpha value is -2.40. The summed E-state index contributed by atoms with van der Waals surface area (Å²) in [6.45, 7) is 3.46. The van der Waals surface area contributed by atoms with E-state index in [0.717, 1.165) is 11.3 Å². The van der Waals surface area contributed by atoms with E-state index in [9.17, 15) is 4.79 Å². The average molecular weight is 257 g/mol. The van der Waals surface area contributed by atoms with E-state index in [1.165, 1.54) is 18.0 Å². The molecule has 2 aromatic rings. The Bertz CT molecular complexity index is 581. The van der Waals surface area contributed by atoms with Gasteiger partial charge in [0.25, 0.3) is 0 Å². The van der Waals surface area contributed by atoms with Crippen molar-refractivity contribution in [2.45, 2.75) is 13.8 Å². The molecule has 19 heavy (non-hydrogen) atoms. The number of pyridine rings is 1. The van der Waals surface area contributed by atoms with Crippen molar-refractivity contribution in [1.82, 2.24) is 4.98 Å². The fourth-order valence-electron chi connectivity index (χ4n) is 1.78. The number of rotatable bonds is 3. The number of amides is 1.